The topological polar surface area (TPSA) is 62.6 Å². The number of benzene rings is 1. The van der Waals surface area contributed by atoms with Gasteiger partial charge in [-0.1, -0.05) is 6.07 Å². The van der Waals surface area contributed by atoms with Gasteiger partial charge in [0, 0.05) is 12.2 Å². The molecule has 0 saturated heterocycles. The van der Waals surface area contributed by atoms with E-state index < -0.39 is 5.82 Å². The lowest BCUT2D eigenvalue weighted by Crippen LogP contribution is -3.15. The minimum Gasteiger partial charge on any atom is -0.351 e. The summed E-state index contributed by atoms with van der Waals surface area (Å²) >= 11 is 0. The predicted octanol–water partition coefficient (Wildman–Crippen LogP) is -0.196. The minimum atomic E-state index is -0.404. The Morgan fingerprint density at radius 2 is 2.10 bits per heavy atom. The van der Waals surface area contributed by atoms with E-state index in [-0.39, 0.29) is 24.4 Å². The Hall–Kier alpha value is -1.95. The standard InChI is InChI=1S/C14H20FN3O2/c1-4-16-14(20)10(2)18(3)9-13(19)17-12-7-5-6-11(15)8-12/h5-8,10H,4,9H2,1-3H3,(H,16,20)(H,17,19)/p+1/t10-/m1/s1. The molecule has 1 aromatic carbocycles. The highest BCUT2D eigenvalue weighted by molar-refractivity contribution is 5.91. The first-order chi connectivity index (χ1) is 9.43. The number of nitrogens with one attached hydrogen (secondary N) is 3. The molecule has 0 aliphatic heterocycles. The van der Waals surface area contributed by atoms with E-state index in [4.69, 9.17) is 0 Å². The van der Waals surface area contributed by atoms with Crippen molar-refractivity contribution in [3.8, 4) is 0 Å². The zero-order valence-corrected chi connectivity index (χ0v) is 12.0. The monoisotopic (exact) mass is 282 g/mol. The summed E-state index contributed by atoms with van der Waals surface area (Å²) in [5.74, 6) is -0.757. The second-order valence-electron chi connectivity index (χ2n) is 4.70. The van der Waals surface area contributed by atoms with Crippen molar-refractivity contribution in [1.82, 2.24) is 5.32 Å². The van der Waals surface area contributed by atoms with Crippen LogP contribution in [0.5, 0.6) is 0 Å². The van der Waals surface area contributed by atoms with E-state index in [1.807, 2.05) is 6.92 Å². The molecule has 0 aliphatic carbocycles. The lowest BCUT2D eigenvalue weighted by molar-refractivity contribution is -0.885. The predicted molar refractivity (Wildman–Crippen MR) is 74.9 cm³/mol. The number of likely N-dealkylation sites (N-methyl/N-ethyl adjacent to an activating group) is 2. The van der Waals surface area contributed by atoms with Gasteiger partial charge in [-0.3, -0.25) is 9.59 Å². The molecule has 0 aliphatic rings. The SMILES string of the molecule is CCNC(=O)[C@@H](C)[NH+](C)CC(=O)Nc1cccc(F)c1. The Morgan fingerprint density at radius 3 is 2.70 bits per heavy atom. The summed E-state index contributed by atoms with van der Waals surface area (Å²) in [4.78, 5) is 24.3. The first kappa shape index (κ1) is 16.1. The Balaban J connectivity index is 2.51. The Kier molecular flexibility index (Phi) is 6.11. The molecule has 1 rings (SSSR count). The summed E-state index contributed by atoms with van der Waals surface area (Å²) in [7, 11) is 1.77. The van der Waals surface area contributed by atoms with Gasteiger partial charge in [0.15, 0.2) is 12.6 Å². The number of carbonyl (C=O) groups excluding carboxylic acids is 2. The molecule has 0 saturated carbocycles. The molecule has 5 nitrogen and oxygen atoms in total. The molecule has 110 valence electrons. The molecule has 0 spiro atoms. The fraction of sp³-hybridized carbons (Fsp3) is 0.429. The number of anilines is 1. The van der Waals surface area contributed by atoms with Crippen molar-refractivity contribution in [1.29, 1.82) is 0 Å². The highest BCUT2D eigenvalue weighted by atomic mass is 19.1. The fourth-order valence-corrected chi connectivity index (χ4v) is 1.73. The van der Waals surface area contributed by atoms with Crippen molar-refractivity contribution >= 4 is 17.5 Å². The van der Waals surface area contributed by atoms with Crippen molar-refractivity contribution in [3.63, 3.8) is 0 Å². The average Bonchev–Trinajstić information content (AvgIpc) is 2.37. The van der Waals surface area contributed by atoms with Gasteiger partial charge in [-0.05, 0) is 32.0 Å². The van der Waals surface area contributed by atoms with E-state index >= 15 is 0 Å². The first-order valence-corrected chi connectivity index (χ1v) is 6.59. The summed E-state index contributed by atoms with van der Waals surface area (Å²) in [5, 5.41) is 5.32. The van der Waals surface area contributed by atoms with Crippen LogP contribution < -0.4 is 15.5 Å². The average molecular weight is 282 g/mol. The third-order valence-electron chi connectivity index (χ3n) is 3.03. The van der Waals surface area contributed by atoms with Crippen LogP contribution in [-0.4, -0.2) is 38.0 Å². The Morgan fingerprint density at radius 1 is 1.40 bits per heavy atom. The van der Waals surface area contributed by atoms with Crippen molar-refractivity contribution in [3.05, 3.63) is 30.1 Å². The number of amides is 2. The van der Waals surface area contributed by atoms with Gasteiger partial charge >= 0.3 is 0 Å². The van der Waals surface area contributed by atoms with Gasteiger partial charge in [0.1, 0.15) is 5.82 Å². The molecule has 2 atom stereocenters. The minimum absolute atomic E-state index is 0.0939. The summed E-state index contributed by atoms with van der Waals surface area (Å²) in [6, 6.07) is 5.38. The van der Waals surface area contributed by atoms with Crippen molar-refractivity contribution in [2.75, 3.05) is 25.5 Å². The first-order valence-electron chi connectivity index (χ1n) is 6.59. The van der Waals surface area contributed by atoms with Crippen LogP contribution in [0.25, 0.3) is 0 Å². The van der Waals surface area contributed by atoms with Crippen LogP contribution in [0.4, 0.5) is 10.1 Å². The fourth-order valence-electron chi connectivity index (χ4n) is 1.73. The molecule has 0 aromatic heterocycles. The van der Waals surface area contributed by atoms with E-state index in [1.54, 1.807) is 20.0 Å². The molecule has 1 aromatic rings. The van der Waals surface area contributed by atoms with E-state index in [2.05, 4.69) is 10.6 Å². The van der Waals surface area contributed by atoms with Gasteiger partial charge in [-0.25, -0.2) is 4.39 Å². The molecular formula is C14H21FN3O2+. The van der Waals surface area contributed by atoms with Crippen molar-refractivity contribution in [2.24, 2.45) is 0 Å². The van der Waals surface area contributed by atoms with Gasteiger partial charge in [-0.15, -0.1) is 0 Å². The number of hydrogen-bond acceptors (Lipinski definition) is 2. The Labute approximate surface area is 118 Å². The van der Waals surface area contributed by atoms with Gasteiger partial charge in [0.2, 0.25) is 0 Å². The second kappa shape index (κ2) is 7.59. The highest BCUT2D eigenvalue weighted by Crippen LogP contribution is 2.08. The zero-order chi connectivity index (χ0) is 15.1. The molecule has 0 heterocycles. The summed E-state index contributed by atoms with van der Waals surface area (Å²) in [6.07, 6.45) is 0. The van der Waals surface area contributed by atoms with Gasteiger partial charge in [0.25, 0.3) is 11.8 Å². The third kappa shape index (κ3) is 4.97. The van der Waals surface area contributed by atoms with E-state index in [0.29, 0.717) is 12.2 Å². The molecular weight excluding hydrogens is 261 g/mol. The zero-order valence-electron chi connectivity index (χ0n) is 12.0. The number of carbonyl (C=O) groups is 2. The van der Waals surface area contributed by atoms with Crippen LogP contribution in [0.3, 0.4) is 0 Å². The second-order valence-corrected chi connectivity index (χ2v) is 4.70. The van der Waals surface area contributed by atoms with Crippen LogP contribution in [0.1, 0.15) is 13.8 Å². The van der Waals surface area contributed by atoms with Crippen LogP contribution in [-0.2, 0) is 9.59 Å². The molecule has 3 N–H and O–H groups in total. The summed E-state index contributed by atoms with van der Waals surface area (Å²) in [6.45, 7) is 4.30. The number of rotatable bonds is 6. The number of quaternary nitrogens is 1. The summed E-state index contributed by atoms with van der Waals surface area (Å²) < 4.78 is 13.0. The van der Waals surface area contributed by atoms with Crippen LogP contribution in [0.2, 0.25) is 0 Å². The molecule has 1 unspecified atom stereocenters. The van der Waals surface area contributed by atoms with Crippen LogP contribution >= 0.6 is 0 Å². The number of hydrogen-bond donors (Lipinski definition) is 3. The maximum absolute atomic E-state index is 13.0. The smallest absolute Gasteiger partial charge is 0.279 e. The molecule has 0 radical (unpaired) electrons. The highest BCUT2D eigenvalue weighted by Gasteiger charge is 2.23. The van der Waals surface area contributed by atoms with E-state index in [1.165, 1.54) is 18.2 Å². The molecule has 0 fully saturated rings. The Bertz CT molecular complexity index is 479. The normalized spacial score (nSPS) is 13.4. The lowest BCUT2D eigenvalue weighted by Gasteiger charge is -2.20. The van der Waals surface area contributed by atoms with Gasteiger partial charge < -0.3 is 15.5 Å². The van der Waals surface area contributed by atoms with E-state index in [0.717, 1.165) is 4.90 Å². The molecule has 2 amide bonds. The summed E-state index contributed by atoms with van der Waals surface area (Å²) in [5.41, 5.74) is 0.411. The lowest BCUT2D eigenvalue weighted by atomic mass is 10.2. The maximum atomic E-state index is 13.0. The molecule has 6 heteroatoms. The molecule has 0 bridgehead atoms. The van der Waals surface area contributed by atoms with E-state index in [9.17, 15) is 14.0 Å². The molecule has 20 heavy (non-hydrogen) atoms. The van der Waals surface area contributed by atoms with Crippen LogP contribution in [0.15, 0.2) is 24.3 Å². The van der Waals surface area contributed by atoms with Gasteiger partial charge in [-0.2, -0.15) is 0 Å². The van der Waals surface area contributed by atoms with Crippen LogP contribution in [0, 0.1) is 5.82 Å². The van der Waals surface area contributed by atoms with Crippen molar-refractivity contribution in [2.45, 2.75) is 19.9 Å². The number of halogens is 1. The van der Waals surface area contributed by atoms with Crippen molar-refractivity contribution < 1.29 is 18.9 Å². The third-order valence-corrected chi connectivity index (χ3v) is 3.03. The largest absolute Gasteiger partial charge is 0.351 e. The van der Waals surface area contributed by atoms with Gasteiger partial charge in [0.05, 0.1) is 7.05 Å². The quantitative estimate of drug-likeness (QED) is 0.677. The maximum Gasteiger partial charge on any atom is 0.279 e.